The third kappa shape index (κ3) is 3.02. The van der Waals surface area contributed by atoms with Gasteiger partial charge in [-0.3, -0.25) is 0 Å². The van der Waals surface area contributed by atoms with Gasteiger partial charge in [-0.15, -0.1) is 0 Å². The molecule has 0 N–H and O–H groups in total. The topological polar surface area (TPSA) is 34.1 Å². The molecule has 2 nitrogen and oxygen atoms in total. The third-order valence-corrected chi connectivity index (χ3v) is 3.39. The molecule has 0 aliphatic rings. The van der Waals surface area contributed by atoms with Crippen LogP contribution in [0.1, 0.15) is 6.92 Å². The van der Waals surface area contributed by atoms with Gasteiger partial charge in [0, 0.05) is 0 Å². The number of ketones is 1. The number of carbonyl (C=O) groups excluding carboxylic acids is 2. The second-order valence-corrected chi connectivity index (χ2v) is 4.85. The molecular formula is C3H4O2Ra. The fourth-order valence-electron chi connectivity index (χ4n) is 0. The summed E-state index contributed by atoms with van der Waals surface area (Å²) < 4.78 is -0.150. The van der Waals surface area contributed by atoms with Crippen LogP contribution in [0, 0.1) is 42.8 Å². The van der Waals surface area contributed by atoms with Crippen LogP contribution in [-0.4, -0.2) is 6.61 Å². The molecule has 0 saturated heterocycles. The van der Waals surface area contributed by atoms with Crippen LogP contribution in [0.5, 0.6) is 0 Å². The van der Waals surface area contributed by atoms with E-state index >= 15 is 0 Å². The van der Waals surface area contributed by atoms with E-state index in [2.05, 4.69) is 0 Å². The first-order chi connectivity index (χ1) is 2.64. The Morgan fingerprint density at radius 2 is 1.67 bits per heavy atom. The molecule has 0 bridgehead atoms. The average molecular weight is 298 g/mol. The van der Waals surface area contributed by atoms with Crippen molar-refractivity contribution in [2.75, 3.05) is 0 Å². The molecule has 0 aromatic rings. The van der Waals surface area contributed by atoms with Crippen LogP contribution in [0.2, 0.25) is 0 Å². The quantitative estimate of drug-likeness (QED) is 0.605. The zero-order chi connectivity index (χ0) is 5.15. The fraction of sp³-hybridized carbons (Fsp3) is 0.333. The summed E-state index contributed by atoms with van der Waals surface area (Å²) >= 11 is -0.215. The summed E-state index contributed by atoms with van der Waals surface area (Å²) in [6.07, 6.45) is 0. The van der Waals surface area contributed by atoms with Crippen molar-refractivity contribution in [1.29, 1.82) is 0 Å². The number of hydrogen-bond donors (Lipinski definition) is 0. The summed E-state index contributed by atoms with van der Waals surface area (Å²) in [7, 11) is 0. The minimum absolute atomic E-state index is 0.150. The number of Topliss-reactive ketones (excluding diaryl/α,β-unsaturated/α-hetero) is 1. The third-order valence-electron chi connectivity index (χ3n) is 0.496. The van der Waals surface area contributed by atoms with Crippen LogP contribution in [0.25, 0.3) is 0 Å². The summed E-state index contributed by atoms with van der Waals surface area (Å²) in [4.78, 5) is 19.7. The summed E-state index contributed by atoms with van der Waals surface area (Å²) in [5.74, 6) is -0.278. The fourth-order valence-corrected chi connectivity index (χ4v) is 0. The molecule has 0 spiro atoms. The van der Waals surface area contributed by atoms with Crippen molar-refractivity contribution < 1.29 is 52.4 Å². The molecule has 0 aromatic heterocycles. The van der Waals surface area contributed by atoms with Crippen LogP contribution < -0.4 is 0 Å². The van der Waals surface area contributed by atoms with E-state index in [9.17, 15) is 9.59 Å². The van der Waals surface area contributed by atoms with E-state index in [1.54, 1.807) is 0 Å². The van der Waals surface area contributed by atoms with Crippen molar-refractivity contribution >= 4 is 6.61 Å². The van der Waals surface area contributed by atoms with Crippen molar-refractivity contribution in [3.05, 3.63) is 0 Å². The maximum absolute atomic E-state index is 9.90. The van der Waals surface area contributed by atoms with Gasteiger partial charge < -0.3 is 0 Å². The normalized spacial score (nSPS) is 7.33. The molecule has 0 rings (SSSR count). The van der Waals surface area contributed by atoms with Crippen molar-refractivity contribution in [2.24, 2.45) is 0 Å². The van der Waals surface area contributed by atoms with Crippen LogP contribution in [0.15, 0.2) is 0 Å². The molecule has 0 aliphatic heterocycles. The Morgan fingerprint density at radius 3 is 1.67 bits per heavy atom. The van der Waals surface area contributed by atoms with E-state index in [0.717, 1.165) is 0 Å². The molecule has 30 valence electrons. The molecule has 0 aliphatic carbocycles. The predicted octanol–water partition coefficient (Wildman–Crippen LogP) is -0.616. The van der Waals surface area contributed by atoms with Crippen LogP contribution in [0.4, 0.5) is 0 Å². The van der Waals surface area contributed by atoms with E-state index < -0.39 is 0 Å². The van der Waals surface area contributed by atoms with Gasteiger partial charge in [0.25, 0.3) is 0 Å². The first kappa shape index (κ1) is 6.81. The van der Waals surface area contributed by atoms with Gasteiger partial charge in [-0.1, -0.05) is 0 Å². The monoisotopic (exact) mass is 298 g/mol. The molecule has 6 heavy (non-hydrogen) atoms. The van der Waals surface area contributed by atoms with Crippen molar-refractivity contribution in [2.45, 2.75) is 6.92 Å². The summed E-state index contributed by atoms with van der Waals surface area (Å²) in [5.41, 5.74) is 0. The van der Waals surface area contributed by atoms with Gasteiger partial charge in [-0.2, -0.15) is 0 Å². The molecule has 0 aromatic carbocycles. The Labute approximate surface area is 65.1 Å². The van der Waals surface area contributed by atoms with Gasteiger partial charge in [0.15, 0.2) is 0 Å². The summed E-state index contributed by atoms with van der Waals surface area (Å²) in [6.45, 7) is 1.31. The van der Waals surface area contributed by atoms with Crippen molar-refractivity contribution in [1.82, 2.24) is 0 Å². The molecular weight excluding hydrogens is 294 g/mol. The van der Waals surface area contributed by atoms with Crippen LogP contribution in [-0.2, 0) is 9.59 Å². The molecule has 3 heteroatoms. The molecule has 0 amide bonds. The Morgan fingerprint density at radius 1 is 1.50 bits per heavy atom. The Bertz CT molecular complexity index is 74.8. The van der Waals surface area contributed by atoms with Gasteiger partial charge in [0.05, 0.1) is 0 Å². The van der Waals surface area contributed by atoms with Gasteiger partial charge in [0.2, 0.25) is 0 Å². The molecule has 0 saturated carbocycles. The van der Waals surface area contributed by atoms with Gasteiger partial charge in [-0.25, -0.2) is 0 Å². The van der Waals surface area contributed by atoms with Gasteiger partial charge in [-0.05, 0) is 0 Å². The first-order valence-corrected chi connectivity index (χ1v) is 5.77. The Kier molecular flexibility index (Phi) is 3.29. The summed E-state index contributed by atoms with van der Waals surface area (Å²) in [5, 5.41) is 0. The Balaban J connectivity index is 3.57. The molecule has 0 unspecified atom stereocenters. The second-order valence-electron chi connectivity index (χ2n) is 1.11. The van der Waals surface area contributed by atoms with Crippen molar-refractivity contribution in [3.8, 4) is 0 Å². The zero-order valence-corrected chi connectivity index (χ0v) is 12.0. The summed E-state index contributed by atoms with van der Waals surface area (Å²) in [6, 6.07) is 0. The number of carbonyl (C=O) groups is 2. The van der Waals surface area contributed by atoms with Crippen molar-refractivity contribution in [3.63, 3.8) is 0 Å². The second kappa shape index (κ2) is 2.90. The Hall–Kier alpha value is 0.808. The minimum atomic E-state index is -0.278. The van der Waals surface area contributed by atoms with E-state index in [-0.39, 0.29) is 49.4 Å². The molecule has 0 fully saturated rings. The van der Waals surface area contributed by atoms with E-state index in [4.69, 9.17) is 0 Å². The molecule has 0 radical (unpaired) electrons. The standard InChI is InChI=1S/C3H3O2.Ra.H/c1-3(5)2-4;;/h1H3;;. The van der Waals surface area contributed by atoms with Crippen LogP contribution in [0.3, 0.4) is 0 Å². The first-order valence-electron chi connectivity index (χ1n) is 1.66. The van der Waals surface area contributed by atoms with E-state index in [1.165, 1.54) is 6.92 Å². The molecule has 0 atom stereocenters. The van der Waals surface area contributed by atoms with E-state index in [0.29, 0.717) is 0 Å². The van der Waals surface area contributed by atoms with E-state index in [1.807, 2.05) is 0 Å². The maximum atomic E-state index is 9.90. The van der Waals surface area contributed by atoms with Crippen LogP contribution >= 0.6 is 0 Å². The van der Waals surface area contributed by atoms with Gasteiger partial charge >= 0.3 is 65.9 Å². The zero-order valence-electron chi connectivity index (χ0n) is 3.82. The number of rotatable bonds is 1. The van der Waals surface area contributed by atoms with Gasteiger partial charge in [0.1, 0.15) is 0 Å². The SMILES string of the molecule is CC(=O)[C](=O)[RaH]. The predicted molar refractivity (Wildman–Crippen MR) is 17.1 cm³/mol. The average Bonchev–Trinajstić information content (AvgIpc) is 1.36. The number of hydrogen-bond acceptors (Lipinski definition) is 2. The molecule has 0 heterocycles.